The number of fused-ring (bicyclic) bond motifs is 1. The molecule has 1 aliphatic heterocycles. The maximum Gasteiger partial charge on any atom is 0.267 e. The molecule has 0 saturated heterocycles. The monoisotopic (exact) mass is 489 g/mol. The molecule has 0 aliphatic carbocycles. The molecule has 2 aromatic carbocycles. The lowest BCUT2D eigenvalue weighted by Gasteiger charge is -2.34. The van der Waals surface area contributed by atoms with Crippen molar-refractivity contribution in [3.63, 3.8) is 0 Å². The number of hydrogen-bond acceptors (Lipinski definition) is 6. The van der Waals surface area contributed by atoms with Crippen molar-refractivity contribution in [2.45, 2.75) is 12.6 Å². The summed E-state index contributed by atoms with van der Waals surface area (Å²) in [5, 5.41) is 5.73. The first kappa shape index (κ1) is 22.7. The molecule has 0 spiro atoms. The summed E-state index contributed by atoms with van der Waals surface area (Å²) in [7, 11) is -3.70. The molecule has 0 radical (unpaired) electrons. The molecule has 1 aromatic heterocycles. The quantitative estimate of drug-likeness (QED) is 0.549. The minimum absolute atomic E-state index is 0.183. The van der Waals surface area contributed by atoms with Crippen molar-refractivity contribution in [2.75, 3.05) is 22.4 Å². The van der Waals surface area contributed by atoms with Gasteiger partial charge in [-0.05, 0) is 42.5 Å². The third-order valence-corrected chi connectivity index (χ3v) is 6.30. The van der Waals surface area contributed by atoms with E-state index >= 15 is 0 Å². The maximum atomic E-state index is 13.0. The first-order valence-corrected chi connectivity index (χ1v) is 12.1. The first-order valence-electron chi connectivity index (χ1n) is 9.87. The van der Waals surface area contributed by atoms with Crippen LogP contribution in [0.2, 0.25) is 5.02 Å². The number of rotatable bonds is 6. The number of sulfonamides is 1. The van der Waals surface area contributed by atoms with Gasteiger partial charge in [0.05, 0.1) is 42.5 Å². The van der Waals surface area contributed by atoms with Crippen molar-refractivity contribution >= 4 is 44.8 Å². The summed E-state index contributed by atoms with van der Waals surface area (Å²) in [4.78, 5) is 25.7. The van der Waals surface area contributed by atoms with Crippen LogP contribution >= 0.6 is 11.6 Å². The molecule has 172 valence electrons. The largest absolute Gasteiger partial charge is 0.476 e. The lowest BCUT2D eigenvalue weighted by atomic mass is 10.1. The van der Waals surface area contributed by atoms with Gasteiger partial charge in [-0.25, -0.2) is 8.42 Å². The number of furan rings is 1. The van der Waals surface area contributed by atoms with E-state index in [1.807, 2.05) is 0 Å². The third-order valence-electron chi connectivity index (χ3n) is 4.92. The molecule has 1 atom stereocenters. The highest BCUT2D eigenvalue weighted by Gasteiger charge is 2.35. The van der Waals surface area contributed by atoms with Gasteiger partial charge in [-0.1, -0.05) is 23.7 Å². The second kappa shape index (κ2) is 9.16. The molecule has 33 heavy (non-hydrogen) atoms. The maximum absolute atomic E-state index is 13.0. The summed E-state index contributed by atoms with van der Waals surface area (Å²) in [6.07, 6.45) is 1.40. The Morgan fingerprint density at radius 2 is 1.94 bits per heavy atom. The number of nitrogens with zero attached hydrogens (tertiary/aromatic N) is 1. The first-order chi connectivity index (χ1) is 15.7. The number of nitrogens with one attached hydrogen (secondary N) is 2. The molecule has 2 amide bonds. The van der Waals surface area contributed by atoms with Crippen LogP contribution in [-0.2, 0) is 21.4 Å². The molecule has 4 rings (SSSR count). The Morgan fingerprint density at radius 1 is 1.15 bits per heavy atom. The Morgan fingerprint density at radius 3 is 2.67 bits per heavy atom. The molecule has 0 unspecified atom stereocenters. The number of anilines is 2. The molecular weight excluding hydrogens is 470 g/mol. The summed E-state index contributed by atoms with van der Waals surface area (Å²) < 4.78 is 36.7. The zero-order valence-corrected chi connectivity index (χ0v) is 19.0. The van der Waals surface area contributed by atoms with E-state index in [1.54, 1.807) is 42.5 Å². The van der Waals surface area contributed by atoms with Crippen molar-refractivity contribution in [1.82, 2.24) is 5.32 Å². The fourth-order valence-corrected chi connectivity index (χ4v) is 4.43. The van der Waals surface area contributed by atoms with Crippen LogP contribution < -0.4 is 19.7 Å². The van der Waals surface area contributed by atoms with E-state index in [2.05, 4.69) is 10.6 Å². The van der Waals surface area contributed by atoms with Gasteiger partial charge in [0, 0.05) is 5.02 Å². The number of halogens is 1. The van der Waals surface area contributed by atoms with E-state index in [9.17, 15) is 18.0 Å². The standard InChI is InChI=1S/C22H20ClN3O6S/c1-33(29,30)26-13-20(32-19-9-8-14(23)11-18(19)26)22(28)25-17-7-3-2-6-16(17)21(27)24-12-15-5-4-10-31-15/h2-11,20H,12-13H2,1H3,(H,24,27)(H,25,28)/t20-/m0/s1. The molecule has 1 aliphatic rings. The second-order valence-electron chi connectivity index (χ2n) is 7.31. The summed E-state index contributed by atoms with van der Waals surface area (Å²) >= 11 is 6.00. The van der Waals surface area contributed by atoms with E-state index in [4.69, 9.17) is 20.8 Å². The summed E-state index contributed by atoms with van der Waals surface area (Å²) in [5.41, 5.74) is 0.753. The van der Waals surface area contributed by atoms with Crippen molar-refractivity contribution in [3.8, 4) is 5.75 Å². The van der Waals surface area contributed by atoms with Gasteiger partial charge in [0.1, 0.15) is 11.5 Å². The highest BCUT2D eigenvalue weighted by atomic mass is 35.5. The predicted molar refractivity (Wildman–Crippen MR) is 123 cm³/mol. The topological polar surface area (TPSA) is 118 Å². The van der Waals surface area contributed by atoms with Crippen molar-refractivity contribution < 1.29 is 27.2 Å². The summed E-state index contributed by atoms with van der Waals surface area (Å²) in [6, 6.07) is 14.4. The van der Waals surface area contributed by atoms with Crippen molar-refractivity contribution in [2.24, 2.45) is 0 Å². The van der Waals surface area contributed by atoms with Gasteiger partial charge in [0.25, 0.3) is 11.8 Å². The molecule has 3 aromatic rings. The predicted octanol–water partition coefficient (Wildman–Crippen LogP) is 3.03. The SMILES string of the molecule is CS(=O)(=O)N1C[C@@H](C(=O)Nc2ccccc2C(=O)NCc2ccco2)Oc2ccc(Cl)cc21. The van der Waals surface area contributed by atoms with Crippen LogP contribution in [0.5, 0.6) is 5.75 Å². The molecule has 0 saturated carbocycles. The average molecular weight is 490 g/mol. The lowest BCUT2D eigenvalue weighted by molar-refractivity contribution is -0.122. The van der Waals surface area contributed by atoms with E-state index in [0.29, 0.717) is 10.8 Å². The zero-order valence-electron chi connectivity index (χ0n) is 17.4. The molecular formula is C22H20ClN3O6S. The van der Waals surface area contributed by atoms with E-state index < -0.39 is 27.9 Å². The Bertz CT molecular complexity index is 1290. The van der Waals surface area contributed by atoms with Gasteiger partial charge < -0.3 is 19.8 Å². The molecule has 2 N–H and O–H groups in total. The van der Waals surface area contributed by atoms with Gasteiger partial charge in [-0.2, -0.15) is 0 Å². The fraction of sp³-hybridized carbons (Fsp3) is 0.182. The Kier molecular flexibility index (Phi) is 6.30. The Labute approximate surface area is 195 Å². The van der Waals surface area contributed by atoms with Gasteiger partial charge in [0.15, 0.2) is 6.10 Å². The number of para-hydroxylation sites is 1. The number of ether oxygens (including phenoxy) is 1. The van der Waals surface area contributed by atoms with E-state index in [0.717, 1.165) is 10.6 Å². The van der Waals surface area contributed by atoms with Crippen molar-refractivity contribution in [1.29, 1.82) is 0 Å². The normalized spacial score (nSPS) is 15.3. The molecule has 9 nitrogen and oxygen atoms in total. The van der Waals surface area contributed by atoms with Crippen LogP contribution in [0.15, 0.2) is 65.3 Å². The van der Waals surface area contributed by atoms with E-state index in [-0.39, 0.29) is 35.8 Å². The van der Waals surface area contributed by atoms with Crippen LogP contribution in [0, 0.1) is 0 Å². The van der Waals surface area contributed by atoms with Crippen LogP contribution in [0.25, 0.3) is 0 Å². The Balaban J connectivity index is 1.53. The third kappa shape index (κ3) is 5.12. The number of hydrogen-bond donors (Lipinski definition) is 2. The van der Waals surface area contributed by atoms with Crippen LogP contribution in [0.1, 0.15) is 16.1 Å². The molecule has 0 bridgehead atoms. The number of carbonyl (C=O) groups excluding carboxylic acids is 2. The summed E-state index contributed by atoms with van der Waals surface area (Å²) in [5.74, 6) is -0.221. The Hall–Kier alpha value is -3.50. The van der Waals surface area contributed by atoms with Gasteiger partial charge >= 0.3 is 0 Å². The van der Waals surface area contributed by atoms with Crippen LogP contribution in [0.4, 0.5) is 11.4 Å². The summed E-state index contributed by atoms with van der Waals surface area (Å²) in [6.45, 7) is -0.0621. The minimum Gasteiger partial charge on any atom is -0.476 e. The van der Waals surface area contributed by atoms with Gasteiger partial charge in [0.2, 0.25) is 10.0 Å². The minimum atomic E-state index is -3.70. The smallest absolute Gasteiger partial charge is 0.267 e. The number of carbonyl (C=O) groups is 2. The molecule has 11 heteroatoms. The highest BCUT2D eigenvalue weighted by molar-refractivity contribution is 7.92. The zero-order chi connectivity index (χ0) is 23.6. The molecule has 0 fully saturated rings. The number of amides is 2. The highest BCUT2D eigenvalue weighted by Crippen LogP contribution is 2.37. The fourth-order valence-electron chi connectivity index (χ4n) is 3.35. The van der Waals surface area contributed by atoms with Crippen LogP contribution in [0.3, 0.4) is 0 Å². The second-order valence-corrected chi connectivity index (χ2v) is 9.65. The van der Waals surface area contributed by atoms with Crippen molar-refractivity contribution in [3.05, 3.63) is 77.2 Å². The van der Waals surface area contributed by atoms with Gasteiger partial charge in [-0.3, -0.25) is 13.9 Å². The molecule has 2 heterocycles. The van der Waals surface area contributed by atoms with Gasteiger partial charge in [-0.15, -0.1) is 0 Å². The lowest BCUT2D eigenvalue weighted by Crippen LogP contribution is -2.48. The number of benzene rings is 2. The van der Waals surface area contributed by atoms with Crippen LogP contribution in [-0.4, -0.2) is 39.1 Å². The van der Waals surface area contributed by atoms with E-state index in [1.165, 1.54) is 18.4 Å². The average Bonchev–Trinajstić information content (AvgIpc) is 3.30.